The van der Waals surface area contributed by atoms with Crippen LogP contribution >= 0.6 is 0 Å². The van der Waals surface area contributed by atoms with Crippen LogP contribution in [0, 0.1) is 12.7 Å². The van der Waals surface area contributed by atoms with Crippen molar-refractivity contribution in [1.29, 1.82) is 0 Å². The summed E-state index contributed by atoms with van der Waals surface area (Å²) in [4.78, 5) is 25.9. The van der Waals surface area contributed by atoms with E-state index in [-0.39, 0.29) is 11.4 Å². The number of H-pyrrole nitrogens is 1. The molecule has 5 heteroatoms. The Labute approximate surface area is 103 Å². The number of carbonyl (C=O) groups excluding carboxylic acids is 2. The molecule has 0 spiro atoms. The van der Waals surface area contributed by atoms with Gasteiger partial charge in [0, 0.05) is 11.9 Å². The topological polar surface area (TPSA) is 62.0 Å². The van der Waals surface area contributed by atoms with Crippen molar-refractivity contribution in [3.05, 3.63) is 53.6 Å². The summed E-state index contributed by atoms with van der Waals surface area (Å²) in [5, 5.41) is 2.35. The molecule has 0 fully saturated rings. The molecule has 0 aliphatic rings. The highest BCUT2D eigenvalue weighted by Crippen LogP contribution is 2.13. The highest BCUT2D eigenvalue weighted by atomic mass is 19.1. The Bertz CT molecular complexity index is 591. The van der Waals surface area contributed by atoms with Gasteiger partial charge in [-0.3, -0.25) is 9.59 Å². The lowest BCUT2D eigenvalue weighted by atomic mass is 10.2. The van der Waals surface area contributed by atoms with E-state index in [2.05, 4.69) is 10.3 Å². The number of nitrogens with one attached hydrogen (secondary N) is 2. The van der Waals surface area contributed by atoms with E-state index in [9.17, 15) is 14.0 Å². The summed E-state index contributed by atoms with van der Waals surface area (Å²) in [5.41, 5.74) is 0.923. The number of amides is 1. The molecule has 0 aliphatic heterocycles. The van der Waals surface area contributed by atoms with Crippen molar-refractivity contribution in [3.63, 3.8) is 0 Å². The molecule has 2 rings (SSSR count). The number of Topliss-reactive ketones (excluding diaryl/α,β-unsaturated/α-hetero) is 1. The van der Waals surface area contributed by atoms with Crippen LogP contribution in [0.25, 0.3) is 0 Å². The predicted molar refractivity (Wildman–Crippen MR) is 64.9 cm³/mol. The second-order valence-corrected chi connectivity index (χ2v) is 3.83. The van der Waals surface area contributed by atoms with Crippen molar-refractivity contribution in [2.24, 2.45) is 0 Å². The van der Waals surface area contributed by atoms with Crippen LogP contribution in [-0.4, -0.2) is 16.7 Å². The molecule has 1 aromatic heterocycles. The number of hydrogen-bond acceptors (Lipinski definition) is 2. The van der Waals surface area contributed by atoms with Gasteiger partial charge in [-0.25, -0.2) is 4.39 Å². The summed E-state index contributed by atoms with van der Waals surface area (Å²) in [7, 11) is 0. The molecule has 2 N–H and O–H groups in total. The number of halogens is 1. The van der Waals surface area contributed by atoms with Crippen molar-refractivity contribution >= 4 is 17.4 Å². The number of anilines is 1. The lowest BCUT2D eigenvalue weighted by Crippen LogP contribution is -2.23. The number of hydrogen-bond donors (Lipinski definition) is 2. The van der Waals surface area contributed by atoms with E-state index in [1.54, 1.807) is 19.2 Å². The first-order chi connectivity index (χ1) is 8.58. The average Bonchev–Trinajstić information content (AvgIpc) is 2.86. The van der Waals surface area contributed by atoms with Gasteiger partial charge in [0.2, 0.25) is 0 Å². The molecule has 0 radical (unpaired) electrons. The quantitative estimate of drug-likeness (QED) is 0.644. The van der Waals surface area contributed by atoms with E-state index < -0.39 is 17.5 Å². The van der Waals surface area contributed by atoms with Crippen molar-refractivity contribution in [2.75, 3.05) is 5.32 Å². The molecule has 18 heavy (non-hydrogen) atoms. The molecular weight excluding hydrogens is 235 g/mol. The Kier molecular flexibility index (Phi) is 3.23. The molecule has 1 heterocycles. The Hall–Kier alpha value is -2.43. The summed E-state index contributed by atoms with van der Waals surface area (Å²) in [6.45, 7) is 1.62. The van der Waals surface area contributed by atoms with Crippen LogP contribution in [0.1, 0.15) is 16.1 Å². The van der Waals surface area contributed by atoms with Crippen LogP contribution in [0.3, 0.4) is 0 Å². The number of aryl methyl sites for hydroxylation is 1. The number of aromatic amines is 1. The second kappa shape index (κ2) is 4.83. The van der Waals surface area contributed by atoms with E-state index in [1.807, 2.05) is 0 Å². The average molecular weight is 246 g/mol. The lowest BCUT2D eigenvalue weighted by Gasteiger charge is -2.04. The molecule has 92 valence electrons. The van der Waals surface area contributed by atoms with Gasteiger partial charge in [0.1, 0.15) is 5.82 Å². The number of rotatable bonds is 3. The lowest BCUT2D eigenvalue weighted by molar-refractivity contribution is -0.112. The summed E-state index contributed by atoms with van der Waals surface area (Å²) < 4.78 is 13.3. The van der Waals surface area contributed by atoms with E-state index in [4.69, 9.17) is 0 Å². The Morgan fingerprint density at radius 2 is 2.06 bits per heavy atom. The Morgan fingerprint density at radius 1 is 1.28 bits per heavy atom. The first kappa shape index (κ1) is 12.0. The van der Waals surface area contributed by atoms with Gasteiger partial charge in [-0.05, 0) is 36.8 Å². The smallest absolute Gasteiger partial charge is 0.298 e. The summed E-state index contributed by atoms with van der Waals surface area (Å²) in [5.74, 6) is -1.93. The van der Waals surface area contributed by atoms with Gasteiger partial charge in [0.15, 0.2) is 0 Å². The molecular formula is C13H11FN2O2. The minimum absolute atomic E-state index is 0.195. The van der Waals surface area contributed by atoms with Gasteiger partial charge >= 0.3 is 0 Å². The minimum atomic E-state index is -0.805. The molecule has 1 aromatic carbocycles. The van der Waals surface area contributed by atoms with Crippen LogP contribution in [0.15, 0.2) is 36.5 Å². The molecule has 4 nitrogen and oxygen atoms in total. The van der Waals surface area contributed by atoms with Crippen molar-refractivity contribution < 1.29 is 14.0 Å². The number of ketones is 1. The molecule has 0 bridgehead atoms. The molecule has 0 saturated heterocycles. The predicted octanol–water partition coefficient (Wildman–Crippen LogP) is 2.28. The fraction of sp³-hybridized carbons (Fsp3) is 0.0769. The van der Waals surface area contributed by atoms with Crippen molar-refractivity contribution in [3.8, 4) is 0 Å². The maximum atomic E-state index is 13.3. The van der Waals surface area contributed by atoms with E-state index in [0.29, 0.717) is 5.56 Å². The molecule has 2 aromatic rings. The minimum Gasteiger partial charge on any atom is -0.358 e. The zero-order valence-electron chi connectivity index (χ0n) is 9.66. The van der Waals surface area contributed by atoms with Gasteiger partial charge in [-0.2, -0.15) is 0 Å². The van der Waals surface area contributed by atoms with E-state index >= 15 is 0 Å². The molecule has 0 saturated carbocycles. The maximum Gasteiger partial charge on any atom is 0.298 e. The molecule has 0 atom stereocenters. The standard InChI is InChI=1S/C13H11FN2O2/c1-8-4-5-9(7-10(8)14)16-13(18)12(17)11-3-2-6-15-11/h2-7,15H,1H3,(H,16,18). The third-order valence-corrected chi connectivity index (χ3v) is 2.48. The first-order valence-electron chi connectivity index (χ1n) is 5.33. The molecule has 1 amide bonds. The molecule has 0 unspecified atom stereocenters. The first-order valence-corrected chi connectivity index (χ1v) is 5.33. The van der Waals surface area contributed by atoms with E-state index in [0.717, 1.165) is 0 Å². The SMILES string of the molecule is Cc1ccc(NC(=O)C(=O)c2ccc[nH]2)cc1F. The highest BCUT2D eigenvalue weighted by molar-refractivity contribution is 6.46. The van der Waals surface area contributed by atoms with Crippen molar-refractivity contribution in [1.82, 2.24) is 4.98 Å². The normalized spacial score (nSPS) is 10.1. The summed E-state index contributed by atoms with van der Waals surface area (Å²) >= 11 is 0. The Morgan fingerprint density at radius 3 is 2.67 bits per heavy atom. The Balaban J connectivity index is 2.12. The van der Waals surface area contributed by atoms with E-state index in [1.165, 1.54) is 24.3 Å². The zero-order chi connectivity index (χ0) is 13.1. The van der Waals surface area contributed by atoms with Crippen molar-refractivity contribution in [2.45, 2.75) is 6.92 Å². The number of carbonyl (C=O) groups is 2. The van der Waals surface area contributed by atoms with Crippen LogP contribution in [-0.2, 0) is 4.79 Å². The summed E-state index contributed by atoms with van der Waals surface area (Å²) in [6.07, 6.45) is 1.55. The van der Waals surface area contributed by atoms with Gasteiger partial charge in [-0.15, -0.1) is 0 Å². The monoisotopic (exact) mass is 246 g/mol. The fourth-order valence-corrected chi connectivity index (χ4v) is 1.45. The van der Waals surface area contributed by atoms with Gasteiger partial charge in [0.25, 0.3) is 11.7 Å². The van der Waals surface area contributed by atoms with Gasteiger partial charge in [-0.1, -0.05) is 6.07 Å². The summed E-state index contributed by atoms with van der Waals surface area (Å²) in [6, 6.07) is 7.36. The van der Waals surface area contributed by atoms with Crippen LogP contribution in [0.5, 0.6) is 0 Å². The zero-order valence-corrected chi connectivity index (χ0v) is 9.66. The maximum absolute atomic E-state index is 13.3. The number of aromatic nitrogens is 1. The third kappa shape index (κ3) is 2.45. The van der Waals surface area contributed by atoms with Crippen LogP contribution in [0.4, 0.5) is 10.1 Å². The number of benzene rings is 1. The van der Waals surface area contributed by atoms with Gasteiger partial charge in [0.05, 0.1) is 5.69 Å². The fourth-order valence-electron chi connectivity index (χ4n) is 1.45. The van der Waals surface area contributed by atoms with Gasteiger partial charge < -0.3 is 10.3 Å². The van der Waals surface area contributed by atoms with Crippen LogP contribution < -0.4 is 5.32 Å². The second-order valence-electron chi connectivity index (χ2n) is 3.83. The third-order valence-electron chi connectivity index (χ3n) is 2.48. The molecule has 0 aliphatic carbocycles. The largest absolute Gasteiger partial charge is 0.358 e. The van der Waals surface area contributed by atoms with Crippen LogP contribution in [0.2, 0.25) is 0 Å². The highest BCUT2D eigenvalue weighted by Gasteiger charge is 2.17.